The van der Waals surface area contributed by atoms with Gasteiger partial charge < -0.3 is 4.74 Å². The molecule has 0 aromatic rings. The highest BCUT2D eigenvalue weighted by atomic mass is 35.5. The fourth-order valence-electron chi connectivity index (χ4n) is 2.35. The van der Waals surface area contributed by atoms with Crippen LogP contribution in [-0.4, -0.2) is 12.2 Å². The third-order valence-electron chi connectivity index (χ3n) is 2.95. The third kappa shape index (κ3) is 2.51. The van der Waals surface area contributed by atoms with Gasteiger partial charge in [0.25, 0.3) is 0 Å². The van der Waals surface area contributed by atoms with E-state index in [4.69, 9.17) is 4.74 Å². The molecule has 1 aliphatic carbocycles. The van der Waals surface area contributed by atoms with Crippen molar-refractivity contribution in [3.8, 4) is 0 Å². The van der Waals surface area contributed by atoms with Gasteiger partial charge >= 0.3 is 0 Å². The molecule has 12 heavy (non-hydrogen) atoms. The summed E-state index contributed by atoms with van der Waals surface area (Å²) in [6.07, 6.45) is 9.57. The van der Waals surface area contributed by atoms with Gasteiger partial charge in [-0.15, -0.1) is 24.8 Å². The molecule has 2 aliphatic rings. The summed E-state index contributed by atoms with van der Waals surface area (Å²) in [5, 5.41) is 0. The normalized spacial score (nSPS) is 26.0. The van der Waals surface area contributed by atoms with Crippen LogP contribution in [0.15, 0.2) is 0 Å². The quantitative estimate of drug-likeness (QED) is 0.599. The first kappa shape index (κ1) is 12.5. The van der Waals surface area contributed by atoms with Crippen molar-refractivity contribution in [1.29, 1.82) is 0 Å². The van der Waals surface area contributed by atoms with Gasteiger partial charge in [-0.2, -0.15) is 0 Å². The van der Waals surface area contributed by atoms with E-state index in [1.165, 1.54) is 44.9 Å². The molecule has 1 heterocycles. The molecule has 3 heteroatoms. The molecule has 2 fully saturated rings. The molecule has 0 amide bonds. The minimum atomic E-state index is 0. The monoisotopic (exact) mass is 212 g/mol. The second-order valence-corrected chi connectivity index (χ2v) is 3.70. The lowest BCUT2D eigenvalue weighted by molar-refractivity contribution is -0.0243. The smallest absolute Gasteiger partial charge is 0.0683 e. The van der Waals surface area contributed by atoms with E-state index in [2.05, 4.69) is 0 Å². The largest absolute Gasteiger partial charge is 0.375 e. The Hall–Kier alpha value is 0.540. The lowest BCUT2D eigenvalue weighted by Crippen LogP contribution is -2.29. The zero-order valence-corrected chi connectivity index (χ0v) is 9.01. The molecule has 2 rings (SSSR count). The van der Waals surface area contributed by atoms with E-state index in [-0.39, 0.29) is 24.8 Å². The van der Waals surface area contributed by atoms with E-state index in [0.717, 1.165) is 6.61 Å². The van der Waals surface area contributed by atoms with E-state index in [1.807, 2.05) is 0 Å². The topological polar surface area (TPSA) is 9.23 Å². The van der Waals surface area contributed by atoms with Crippen molar-refractivity contribution in [3.63, 3.8) is 0 Å². The van der Waals surface area contributed by atoms with Gasteiger partial charge in [0, 0.05) is 6.61 Å². The third-order valence-corrected chi connectivity index (χ3v) is 2.95. The molecule has 0 radical (unpaired) electrons. The highest BCUT2D eigenvalue weighted by Crippen LogP contribution is 2.38. The van der Waals surface area contributed by atoms with Gasteiger partial charge in [-0.1, -0.05) is 19.3 Å². The fourth-order valence-corrected chi connectivity index (χ4v) is 2.35. The van der Waals surface area contributed by atoms with Crippen LogP contribution in [0.4, 0.5) is 0 Å². The van der Waals surface area contributed by atoms with Crippen molar-refractivity contribution in [2.75, 3.05) is 6.61 Å². The van der Waals surface area contributed by atoms with Crippen molar-refractivity contribution >= 4 is 24.8 Å². The Kier molecular flexibility index (Phi) is 5.55. The number of rotatable bonds is 0. The highest BCUT2D eigenvalue weighted by molar-refractivity contribution is 5.85. The summed E-state index contributed by atoms with van der Waals surface area (Å²) in [6.45, 7) is 1.03. The van der Waals surface area contributed by atoms with Crippen LogP contribution in [0.25, 0.3) is 0 Å². The van der Waals surface area contributed by atoms with E-state index in [1.54, 1.807) is 0 Å². The van der Waals surface area contributed by atoms with Crippen molar-refractivity contribution in [2.24, 2.45) is 0 Å². The molecular weight excluding hydrogens is 195 g/mol. The number of halogens is 2. The van der Waals surface area contributed by atoms with Gasteiger partial charge in [-0.25, -0.2) is 0 Å². The van der Waals surface area contributed by atoms with Crippen molar-refractivity contribution in [3.05, 3.63) is 0 Å². The summed E-state index contributed by atoms with van der Waals surface area (Å²) >= 11 is 0. The maximum Gasteiger partial charge on any atom is 0.0683 e. The molecule has 0 aromatic carbocycles. The van der Waals surface area contributed by atoms with Gasteiger partial charge in [0.15, 0.2) is 0 Å². The maximum absolute atomic E-state index is 5.78. The molecule has 0 bridgehead atoms. The van der Waals surface area contributed by atoms with E-state index in [9.17, 15) is 0 Å². The standard InChI is InChI=1S/C9H16O.2ClH/c1-2-5-9(6-3-1)7-4-8-10-9;;/h1-8H2;2*1H. The minimum absolute atomic E-state index is 0. The summed E-state index contributed by atoms with van der Waals surface area (Å²) in [5.41, 5.74) is 0.373. The number of ether oxygens (including phenoxy) is 1. The summed E-state index contributed by atoms with van der Waals surface area (Å²) in [6, 6.07) is 0. The first-order valence-corrected chi connectivity index (χ1v) is 4.55. The first-order valence-electron chi connectivity index (χ1n) is 4.55. The molecule has 0 aromatic heterocycles. The zero-order chi connectivity index (χ0) is 6.86. The van der Waals surface area contributed by atoms with Crippen LogP contribution in [-0.2, 0) is 4.74 Å². The van der Waals surface area contributed by atoms with Gasteiger partial charge in [0.1, 0.15) is 0 Å². The second-order valence-electron chi connectivity index (χ2n) is 3.70. The molecule has 1 nitrogen and oxygen atoms in total. The van der Waals surface area contributed by atoms with Crippen LogP contribution in [0, 0.1) is 0 Å². The van der Waals surface area contributed by atoms with Crippen LogP contribution in [0.5, 0.6) is 0 Å². The fraction of sp³-hybridized carbons (Fsp3) is 1.00. The summed E-state index contributed by atoms with van der Waals surface area (Å²) in [7, 11) is 0. The van der Waals surface area contributed by atoms with Gasteiger partial charge in [0.2, 0.25) is 0 Å². The number of hydrogen-bond donors (Lipinski definition) is 0. The lowest BCUT2D eigenvalue weighted by Gasteiger charge is -2.32. The van der Waals surface area contributed by atoms with Crippen LogP contribution in [0.1, 0.15) is 44.9 Å². The second kappa shape index (κ2) is 5.31. The molecule has 1 aliphatic heterocycles. The molecule has 1 spiro atoms. The molecular formula is C9H18Cl2O. The SMILES string of the molecule is C1CCC2(CC1)CCCO2.Cl.Cl. The van der Waals surface area contributed by atoms with Crippen LogP contribution in [0.2, 0.25) is 0 Å². The molecule has 1 saturated heterocycles. The average molecular weight is 213 g/mol. The summed E-state index contributed by atoms with van der Waals surface area (Å²) in [4.78, 5) is 0. The molecule has 0 unspecified atom stereocenters. The Morgan fingerprint density at radius 1 is 0.750 bits per heavy atom. The van der Waals surface area contributed by atoms with Crippen LogP contribution in [0.3, 0.4) is 0 Å². The number of hydrogen-bond acceptors (Lipinski definition) is 1. The van der Waals surface area contributed by atoms with Gasteiger partial charge in [-0.3, -0.25) is 0 Å². The van der Waals surface area contributed by atoms with Gasteiger partial charge in [-0.05, 0) is 25.7 Å². The van der Waals surface area contributed by atoms with Gasteiger partial charge in [0.05, 0.1) is 5.60 Å². The minimum Gasteiger partial charge on any atom is -0.375 e. The molecule has 1 saturated carbocycles. The Morgan fingerprint density at radius 2 is 1.33 bits per heavy atom. The Morgan fingerprint density at radius 3 is 1.83 bits per heavy atom. The van der Waals surface area contributed by atoms with Crippen molar-refractivity contribution in [2.45, 2.75) is 50.5 Å². The zero-order valence-electron chi connectivity index (χ0n) is 7.38. The molecule has 74 valence electrons. The van der Waals surface area contributed by atoms with E-state index >= 15 is 0 Å². The maximum atomic E-state index is 5.78. The predicted molar refractivity (Wildman–Crippen MR) is 55.5 cm³/mol. The Labute approximate surface area is 87.1 Å². The predicted octanol–water partition coefficient (Wildman–Crippen LogP) is 3.34. The van der Waals surface area contributed by atoms with E-state index < -0.39 is 0 Å². The average Bonchev–Trinajstić information content (AvgIpc) is 2.39. The van der Waals surface area contributed by atoms with Crippen LogP contribution < -0.4 is 0 Å². The first-order chi connectivity index (χ1) is 4.91. The highest BCUT2D eigenvalue weighted by Gasteiger charge is 2.35. The Bertz CT molecular complexity index is 114. The summed E-state index contributed by atoms with van der Waals surface area (Å²) < 4.78 is 5.78. The lowest BCUT2D eigenvalue weighted by atomic mass is 9.83. The van der Waals surface area contributed by atoms with Crippen LogP contribution >= 0.6 is 24.8 Å². The molecule has 0 N–H and O–H groups in total. The van der Waals surface area contributed by atoms with Crippen molar-refractivity contribution in [1.82, 2.24) is 0 Å². The summed E-state index contributed by atoms with van der Waals surface area (Å²) in [5.74, 6) is 0. The molecule has 0 atom stereocenters. The Balaban J connectivity index is 0.000000605. The van der Waals surface area contributed by atoms with Crippen molar-refractivity contribution < 1.29 is 4.74 Å². The van der Waals surface area contributed by atoms with E-state index in [0.29, 0.717) is 5.60 Å².